The summed E-state index contributed by atoms with van der Waals surface area (Å²) in [6.07, 6.45) is 0. The number of hydrogen-bond donors (Lipinski definition) is 2. The van der Waals surface area contributed by atoms with Gasteiger partial charge in [0.2, 0.25) is 0 Å². The quantitative estimate of drug-likeness (QED) is 0.392. The molecule has 0 heterocycles. The number of hydrogen-bond acceptors (Lipinski definition) is 4. The van der Waals surface area contributed by atoms with Crippen molar-refractivity contribution in [2.75, 3.05) is 19.1 Å². The minimum atomic E-state index is 0.0630. The molecule has 0 bridgehead atoms. The van der Waals surface area contributed by atoms with Crippen molar-refractivity contribution < 1.29 is 9.94 Å². The molecule has 0 atom stereocenters. The molecule has 0 spiro atoms. The summed E-state index contributed by atoms with van der Waals surface area (Å²) in [5.74, 6) is 0.771. The molecule has 0 fully saturated rings. The number of ether oxygens (including phenoxy) is 1. The lowest BCUT2D eigenvalue weighted by molar-refractivity contribution is 0.318. The second-order valence-corrected chi connectivity index (χ2v) is 4.71. The van der Waals surface area contributed by atoms with Crippen LogP contribution in [0.4, 0.5) is 11.4 Å². The van der Waals surface area contributed by atoms with Gasteiger partial charge < -0.3 is 20.6 Å². The van der Waals surface area contributed by atoms with Crippen LogP contribution in [0.1, 0.15) is 11.1 Å². The predicted octanol–water partition coefficient (Wildman–Crippen LogP) is 2.87. The Hall–Kier alpha value is -2.69. The van der Waals surface area contributed by atoms with Gasteiger partial charge in [-0.05, 0) is 30.7 Å². The number of amidine groups is 1. The number of aryl methyl sites for hydroxylation is 1. The highest BCUT2D eigenvalue weighted by Crippen LogP contribution is 2.32. The van der Waals surface area contributed by atoms with E-state index in [4.69, 9.17) is 15.7 Å². The van der Waals surface area contributed by atoms with E-state index in [1.54, 1.807) is 19.2 Å². The van der Waals surface area contributed by atoms with Crippen molar-refractivity contribution in [2.24, 2.45) is 10.9 Å². The summed E-state index contributed by atoms with van der Waals surface area (Å²) in [4.78, 5) is 1.99. The van der Waals surface area contributed by atoms with E-state index in [1.807, 2.05) is 49.2 Å². The van der Waals surface area contributed by atoms with Gasteiger partial charge in [0.25, 0.3) is 0 Å². The first-order valence-corrected chi connectivity index (χ1v) is 6.53. The third-order valence-electron chi connectivity index (χ3n) is 3.43. The van der Waals surface area contributed by atoms with Crippen molar-refractivity contribution in [3.05, 3.63) is 53.6 Å². The maximum atomic E-state index is 8.96. The fourth-order valence-corrected chi connectivity index (χ4v) is 2.26. The number of nitrogens with two attached hydrogens (primary N) is 1. The third kappa shape index (κ3) is 2.91. The molecule has 21 heavy (non-hydrogen) atoms. The molecule has 2 aromatic carbocycles. The number of benzene rings is 2. The SMILES string of the molecule is COc1ccc(/C(N)=N/O)c(N(C)c2ccccc2C)c1. The molecule has 3 N–H and O–H groups in total. The highest BCUT2D eigenvalue weighted by Gasteiger charge is 2.15. The first-order chi connectivity index (χ1) is 10.1. The summed E-state index contributed by atoms with van der Waals surface area (Å²) >= 11 is 0. The van der Waals surface area contributed by atoms with Crippen LogP contribution < -0.4 is 15.4 Å². The largest absolute Gasteiger partial charge is 0.497 e. The van der Waals surface area contributed by atoms with Crippen LogP contribution in [-0.4, -0.2) is 25.2 Å². The minimum Gasteiger partial charge on any atom is -0.497 e. The van der Waals surface area contributed by atoms with Crippen LogP contribution in [0.2, 0.25) is 0 Å². The zero-order chi connectivity index (χ0) is 15.4. The highest BCUT2D eigenvalue weighted by atomic mass is 16.5. The molecule has 5 nitrogen and oxygen atoms in total. The fraction of sp³-hybridized carbons (Fsp3) is 0.188. The monoisotopic (exact) mass is 285 g/mol. The van der Waals surface area contributed by atoms with E-state index in [-0.39, 0.29) is 5.84 Å². The average molecular weight is 285 g/mol. The van der Waals surface area contributed by atoms with Gasteiger partial charge in [0.1, 0.15) is 5.75 Å². The highest BCUT2D eigenvalue weighted by molar-refractivity contribution is 6.03. The maximum Gasteiger partial charge on any atom is 0.172 e. The van der Waals surface area contributed by atoms with E-state index in [0.717, 1.165) is 16.9 Å². The summed E-state index contributed by atoms with van der Waals surface area (Å²) in [5, 5.41) is 12.1. The number of nitrogens with zero attached hydrogens (tertiary/aromatic N) is 2. The van der Waals surface area contributed by atoms with Crippen molar-refractivity contribution in [3.63, 3.8) is 0 Å². The average Bonchev–Trinajstić information content (AvgIpc) is 2.53. The van der Waals surface area contributed by atoms with Crippen molar-refractivity contribution >= 4 is 17.2 Å². The van der Waals surface area contributed by atoms with Gasteiger partial charge in [-0.3, -0.25) is 0 Å². The van der Waals surface area contributed by atoms with Crippen molar-refractivity contribution in [2.45, 2.75) is 6.92 Å². The van der Waals surface area contributed by atoms with Gasteiger partial charge >= 0.3 is 0 Å². The Morgan fingerprint density at radius 2 is 1.90 bits per heavy atom. The summed E-state index contributed by atoms with van der Waals surface area (Å²) in [6.45, 7) is 2.04. The Kier molecular flexibility index (Phi) is 4.33. The molecule has 0 aromatic heterocycles. The summed E-state index contributed by atoms with van der Waals surface area (Å²) in [6, 6.07) is 13.4. The first kappa shape index (κ1) is 14.7. The van der Waals surface area contributed by atoms with E-state index in [9.17, 15) is 0 Å². The van der Waals surface area contributed by atoms with Gasteiger partial charge in [0.05, 0.1) is 12.8 Å². The third-order valence-corrected chi connectivity index (χ3v) is 3.43. The van der Waals surface area contributed by atoms with Crippen molar-refractivity contribution in [1.82, 2.24) is 0 Å². The van der Waals surface area contributed by atoms with Crippen LogP contribution in [0.25, 0.3) is 0 Å². The van der Waals surface area contributed by atoms with Gasteiger partial charge in [-0.2, -0.15) is 0 Å². The molecule has 5 heteroatoms. The Bertz CT molecular complexity index is 668. The van der Waals surface area contributed by atoms with E-state index in [1.165, 1.54) is 0 Å². The molecular weight excluding hydrogens is 266 g/mol. The van der Waals surface area contributed by atoms with Gasteiger partial charge in [0.15, 0.2) is 5.84 Å². The second-order valence-electron chi connectivity index (χ2n) is 4.71. The van der Waals surface area contributed by atoms with E-state index < -0.39 is 0 Å². The molecule has 0 radical (unpaired) electrons. The van der Waals surface area contributed by atoms with Crippen molar-refractivity contribution in [1.29, 1.82) is 0 Å². The lowest BCUT2D eigenvalue weighted by atomic mass is 10.1. The summed E-state index contributed by atoms with van der Waals surface area (Å²) in [7, 11) is 3.54. The molecule has 2 rings (SSSR count). The molecule has 0 aliphatic heterocycles. The molecule has 0 amide bonds. The Balaban J connectivity index is 2.58. The van der Waals surface area contributed by atoms with Crippen molar-refractivity contribution in [3.8, 4) is 5.75 Å². The van der Waals surface area contributed by atoms with E-state index in [0.29, 0.717) is 11.3 Å². The van der Waals surface area contributed by atoms with Crippen LogP contribution in [-0.2, 0) is 0 Å². The molecule has 0 unspecified atom stereocenters. The predicted molar refractivity (Wildman–Crippen MR) is 84.7 cm³/mol. The van der Waals surface area contributed by atoms with Crippen LogP contribution in [0.15, 0.2) is 47.6 Å². The topological polar surface area (TPSA) is 71.1 Å². The standard InChI is InChI=1S/C16H19N3O2/c1-11-6-4-5-7-14(11)19(2)15-10-12(21-3)8-9-13(15)16(17)18-20/h4-10,20H,1-3H3,(H2,17,18). The number of para-hydroxylation sites is 1. The summed E-state index contributed by atoms with van der Waals surface area (Å²) in [5.41, 5.74) is 9.39. The van der Waals surface area contributed by atoms with Crippen LogP contribution in [0.3, 0.4) is 0 Å². The Labute approximate surface area is 124 Å². The Morgan fingerprint density at radius 1 is 1.19 bits per heavy atom. The maximum absolute atomic E-state index is 8.96. The van der Waals surface area contributed by atoms with Gasteiger partial charge in [-0.25, -0.2) is 0 Å². The van der Waals surface area contributed by atoms with Gasteiger partial charge in [0, 0.05) is 24.4 Å². The van der Waals surface area contributed by atoms with Crippen LogP contribution in [0, 0.1) is 6.92 Å². The lowest BCUT2D eigenvalue weighted by Crippen LogP contribution is -2.20. The lowest BCUT2D eigenvalue weighted by Gasteiger charge is -2.24. The van der Waals surface area contributed by atoms with Gasteiger partial charge in [-0.15, -0.1) is 0 Å². The smallest absolute Gasteiger partial charge is 0.172 e. The minimum absolute atomic E-state index is 0.0630. The zero-order valence-electron chi connectivity index (χ0n) is 12.4. The molecule has 0 saturated heterocycles. The number of methoxy groups -OCH3 is 1. The number of rotatable bonds is 4. The van der Waals surface area contributed by atoms with Crippen LogP contribution >= 0.6 is 0 Å². The number of anilines is 2. The molecule has 110 valence electrons. The first-order valence-electron chi connectivity index (χ1n) is 6.53. The van der Waals surface area contributed by atoms with E-state index in [2.05, 4.69) is 5.16 Å². The summed E-state index contributed by atoms with van der Waals surface area (Å²) < 4.78 is 5.27. The molecule has 0 saturated carbocycles. The normalized spacial score (nSPS) is 11.3. The molecule has 0 aliphatic carbocycles. The molecule has 0 aliphatic rings. The number of oxime groups is 1. The fourth-order valence-electron chi connectivity index (χ4n) is 2.26. The zero-order valence-corrected chi connectivity index (χ0v) is 12.4. The molecule has 2 aromatic rings. The molecular formula is C16H19N3O2. The van der Waals surface area contributed by atoms with Crippen LogP contribution in [0.5, 0.6) is 5.75 Å². The second kappa shape index (κ2) is 6.17. The van der Waals surface area contributed by atoms with E-state index >= 15 is 0 Å². The van der Waals surface area contributed by atoms with Gasteiger partial charge in [-0.1, -0.05) is 23.4 Å². The Morgan fingerprint density at radius 3 is 2.52 bits per heavy atom.